The number of hydrogen-bond donors (Lipinski definition) is 1. The van der Waals surface area contributed by atoms with Gasteiger partial charge in [-0.25, -0.2) is 4.39 Å². The minimum atomic E-state index is -0.235. The Balaban J connectivity index is 1.62. The van der Waals surface area contributed by atoms with Crippen molar-refractivity contribution in [2.24, 2.45) is 0 Å². The molecular weight excluding hydrogens is 273 g/mol. The second-order valence-electron chi connectivity index (χ2n) is 5.67. The standard InChI is InChI=1S/C15H18FN3O2/c1-17-14(20)10-13(15(17)21)19-8-6-18(7-9-19)12-4-2-11(16)3-5-12/h2-5,13H,6-10H2,1H3/p+1/t13-/m0/s1. The van der Waals surface area contributed by atoms with E-state index in [2.05, 4.69) is 4.90 Å². The van der Waals surface area contributed by atoms with Gasteiger partial charge in [0, 0.05) is 12.7 Å². The molecule has 2 saturated heterocycles. The molecule has 2 heterocycles. The van der Waals surface area contributed by atoms with Crippen LogP contribution in [0, 0.1) is 5.82 Å². The largest absolute Gasteiger partial charge is 0.360 e. The number of hydrogen-bond acceptors (Lipinski definition) is 3. The Morgan fingerprint density at radius 2 is 1.76 bits per heavy atom. The van der Waals surface area contributed by atoms with Gasteiger partial charge in [0.1, 0.15) is 5.82 Å². The van der Waals surface area contributed by atoms with E-state index < -0.39 is 0 Å². The highest BCUT2D eigenvalue weighted by Gasteiger charge is 2.43. The highest BCUT2D eigenvalue weighted by atomic mass is 19.1. The number of likely N-dealkylation sites (N-methyl/N-ethyl adjacent to an activating group) is 1. The molecule has 21 heavy (non-hydrogen) atoms. The molecule has 0 aromatic heterocycles. The predicted octanol–water partition coefficient (Wildman–Crippen LogP) is -0.712. The number of piperazine rings is 1. The van der Waals surface area contributed by atoms with E-state index in [-0.39, 0.29) is 23.7 Å². The lowest BCUT2D eigenvalue weighted by Crippen LogP contribution is -3.19. The van der Waals surface area contributed by atoms with Crippen molar-refractivity contribution in [2.45, 2.75) is 12.5 Å². The van der Waals surface area contributed by atoms with Crippen LogP contribution in [0.3, 0.4) is 0 Å². The highest BCUT2D eigenvalue weighted by molar-refractivity contribution is 6.04. The lowest BCUT2D eigenvalue weighted by Gasteiger charge is -2.35. The third kappa shape index (κ3) is 2.63. The van der Waals surface area contributed by atoms with Gasteiger partial charge in [-0.2, -0.15) is 0 Å². The summed E-state index contributed by atoms with van der Waals surface area (Å²) in [6.45, 7) is 3.25. The van der Waals surface area contributed by atoms with Crippen molar-refractivity contribution in [2.75, 3.05) is 38.1 Å². The molecule has 1 aromatic rings. The number of nitrogens with zero attached hydrogens (tertiary/aromatic N) is 2. The first-order valence-corrected chi connectivity index (χ1v) is 7.22. The smallest absolute Gasteiger partial charge is 0.287 e. The molecule has 1 atom stereocenters. The van der Waals surface area contributed by atoms with E-state index >= 15 is 0 Å². The number of benzene rings is 1. The van der Waals surface area contributed by atoms with Crippen molar-refractivity contribution in [3.63, 3.8) is 0 Å². The molecule has 3 rings (SSSR count). The quantitative estimate of drug-likeness (QED) is 0.732. The summed E-state index contributed by atoms with van der Waals surface area (Å²) in [7, 11) is 1.55. The van der Waals surface area contributed by atoms with Crippen LogP contribution in [0.1, 0.15) is 6.42 Å². The van der Waals surface area contributed by atoms with Crippen LogP contribution in [0.15, 0.2) is 24.3 Å². The van der Waals surface area contributed by atoms with Gasteiger partial charge in [0.25, 0.3) is 5.91 Å². The Morgan fingerprint density at radius 3 is 2.29 bits per heavy atom. The Bertz CT molecular complexity index is 553. The molecule has 5 nitrogen and oxygen atoms in total. The molecule has 0 unspecified atom stereocenters. The highest BCUT2D eigenvalue weighted by Crippen LogP contribution is 2.15. The zero-order chi connectivity index (χ0) is 15.0. The second-order valence-corrected chi connectivity index (χ2v) is 5.67. The van der Waals surface area contributed by atoms with Crippen molar-refractivity contribution in [1.82, 2.24) is 4.90 Å². The van der Waals surface area contributed by atoms with Gasteiger partial charge in [0.15, 0.2) is 6.04 Å². The molecule has 1 N–H and O–H groups in total. The first kappa shape index (κ1) is 14.0. The summed E-state index contributed by atoms with van der Waals surface area (Å²) < 4.78 is 12.9. The van der Waals surface area contributed by atoms with E-state index in [9.17, 15) is 14.0 Å². The maximum absolute atomic E-state index is 12.9. The molecule has 2 amide bonds. The molecule has 2 aliphatic heterocycles. The number of carbonyl (C=O) groups excluding carboxylic acids is 2. The summed E-state index contributed by atoms with van der Waals surface area (Å²) in [5.74, 6) is -0.384. The molecule has 0 aliphatic carbocycles. The minimum absolute atomic E-state index is 0.0646. The maximum Gasteiger partial charge on any atom is 0.287 e. The summed E-state index contributed by atoms with van der Waals surface area (Å²) in [5.41, 5.74) is 1.00. The zero-order valence-corrected chi connectivity index (χ0v) is 12.0. The first-order chi connectivity index (χ1) is 10.1. The number of likely N-dealkylation sites (tertiary alicyclic amines) is 1. The normalized spacial score (nSPS) is 24.0. The van der Waals surface area contributed by atoms with Crippen LogP contribution in [0.25, 0.3) is 0 Å². The van der Waals surface area contributed by atoms with Crippen LogP contribution in [0.5, 0.6) is 0 Å². The van der Waals surface area contributed by atoms with Crippen molar-refractivity contribution >= 4 is 17.5 Å². The molecule has 2 aliphatic rings. The van der Waals surface area contributed by atoms with Crippen molar-refractivity contribution < 1.29 is 18.9 Å². The van der Waals surface area contributed by atoms with Crippen LogP contribution in [0.2, 0.25) is 0 Å². The summed E-state index contributed by atoms with van der Waals surface area (Å²) >= 11 is 0. The number of imide groups is 1. The molecule has 0 spiro atoms. The van der Waals surface area contributed by atoms with E-state index in [1.54, 1.807) is 19.2 Å². The Kier molecular flexibility index (Phi) is 3.63. The van der Waals surface area contributed by atoms with E-state index in [1.807, 2.05) is 0 Å². The molecule has 2 fully saturated rings. The van der Waals surface area contributed by atoms with Gasteiger partial charge in [-0.15, -0.1) is 0 Å². The summed E-state index contributed by atoms with van der Waals surface area (Å²) in [5, 5.41) is 0. The number of nitrogens with one attached hydrogen (secondary N) is 1. The number of anilines is 1. The van der Waals surface area contributed by atoms with Crippen LogP contribution in [0.4, 0.5) is 10.1 Å². The third-order valence-corrected chi connectivity index (χ3v) is 4.47. The van der Waals surface area contributed by atoms with Gasteiger partial charge >= 0.3 is 0 Å². The minimum Gasteiger partial charge on any atom is -0.360 e. The van der Waals surface area contributed by atoms with Gasteiger partial charge in [0.2, 0.25) is 5.91 Å². The lowest BCUT2D eigenvalue weighted by molar-refractivity contribution is -0.915. The lowest BCUT2D eigenvalue weighted by atomic mass is 10.1. The van der Waals surface area contributed by atoms with Gasteiger partial charge in [-0.3, -0.25) is 14.5 Å². The van der Waals surface area contributed by atoms with E-state index in [0.29, 0.717) is 6.42 Å². The van der Waals surface area contributed by atoms with Gasteiger partial charge in [0.05, 0.1) is 32.6 Å². The molecule has 0 radical (unpaired) electrons. The summed E-state index contributed by atoms with van der Waals surface area (Å²) in [4.78, 5) is 28.2. The van der Waals surface area contributed by atoms with E-state index in [0.717, 1.165) is 31.9 Å². The average molecular weight is 292 g/mol. The van der Waals surface area contributed by atoms with Crippen LogP contribution >= 0.6 is 0 Å². The number of quaternary nitrogens is 1. The summed E-state index contributed by atoms with van der Waals surface area (Å²) in [6.07, 6.45) is 0.321. The van der Waals surface area contributed by atoms with Crippen LogP contribution in [-0.2, 0) is 9.59 Å². The number of halogens is 1. The van der Waals surface area contributed by atoms with Crippen LogP contribution < -0.4 is 9.80 Å². The molecule has 0 saturated carbocycles. The topological polar surface area (TPSA) is 45.1 Å². The monoisotopic (exact) mass is 292 g/mol. The van der Waals surface area contributed by atoms with Gasteiger partial charge in [-0.05, 0) is 24.3 Å². The van der Waals surface area contributed by atoms with Crippen molar-refractivity contribution in [1.29, 1.82) is 0 Å². The van der Waals surface area contributed by atoms with E-state index in [1.165, 1.54) is 21.9 Å². The molecule has 0 bridgehead atoms. The maximum atomic E-state index is 12.9. The Morgan fingerprint density at radius 1 is 1.14 bits per heavy atom. The van der Waals surface area contributed by atoms with Crippen molar-refractivity contribution in [3.05, 3.63) is 30.1 Å². The van der Waals surface area contributed by atoms with Gasteiger partial charge < -0.3 is 9.80 Å². The number of carbonyl (C=O) groups is 2. The molecule has 6 heteroatoms. The number of rotatable bonds is 2. The van der Waals surface area contributed by atoms with Gasteiger partial charge in [-0.1, -0.05) is 0 Å². The van der Waals surface area contributed by atoms with Crippen molar-refractivity contribution in [3.8, 4) is 0 Å². The summed E-state index contributed by atoms with van der Waals surface area (Å²) in [6, 6.07) is 6.25. The second kappa shape index (κ2) is 5.44. The first-order valence-electron chi connectivity index (χ1n) is 7.22. The van der Waals surface area contributed by atoms with Crippen LogP contribution in [-0.4, -0.2) is 56.0 Å². The molecular formula is C15H19FN3O2+. The average Bonchev–Trinajstić information content (AvgIpc) is 2.76. The Hall–Kier alpha value is -1.95. The Labute approximate surface area is 122 Å². The molecule has 1 aromatic carbocycles. The fourth-order valence-corrected chi connectivity index (χ4v) is 3.13. The predicted molar refractivity (Wildman–Crippen MR) is 75.5 cm³/mol. The SMILES string of the molecule is CN1C(=O)C[C@H]([NH+]2CCN(c3ccc(F)cc3)CC2)C1=O. The zero-order valence-electron chi connectivity index (χ0n) is 12.0. The van der Waals surface area contributed by atoms with E-state index in [4.69, 9.17) is 0 Å². The fourth-order valence-electron chi connectivity index (χ4n) is 3.13. The fraction of sp³-hybridized carbons (Fsp3) is 0.467. The third-order valence-electron chi connectivity index (χ3n) is 4.47. The molecule has 112 valence electrons. The number of amides is 2.